The minimum absolute atomic E-state index is 0.175. The van der Waals surface area contributed by atoms with Crippen molar-refractivity contribution in [3.63, 3.8) is 0 Å². The van der Waals surface area contributed by atoms with Gasteiger partial charge < -0.3 is 10.4 Å². The largest absolute Gasteiger partial charge is 0.385 e. The molecule has 8 nitrogen and oxygen atoms in total. The maximum absolute atomic E-state index is 11.1. The van der Waals surface area contributed by atoms with Crippen LogP contribution in [-0.4, -0.2) is 21.5 Å². The molecule has 0 aliphatic carbocycles. The normalized spacial score (nSPS) is 13.1. The zero-order chi connectivity index (χ0) is 17.7. The second-order valence-electron chi connectivity index (χ2n) is 5.53. The number of anilines is 1. The molecule has 0 fully saturated rings. The Morgan fingerprint density at radius 3 is 2.33 bits per heavy atom. The highest BCUT2D eigenvalue weighted by molar-refractivity contribution is 5.65. The Morgan fingerprint density at radius 1 is 1.08 bits per heavy atom. The van der Waals surface area contributed by atoms with Gasteiger partial charge in [-0.25, -0.2) is 0 Å². The second-order valence-corrected chi connectivity index (χ2v) is 5.53. The van der Waals surface area contributed by atoms with E-state index in [1.54, 1.807) is 19.1 Å². The Kier molecular flexibility index (Phi) is 5.10. The van der Waals surface area contributed by atoms with Gasteiger partial charge in [0.25, 0.3) is 11.4 Å². The molecule has 2 aromatic rings. The summed E-state index contributed by atoms with van der Waals surface area (Å²) in [5, 5.41) is 35.1. The van der Waals surface area contributed by atoms with E-state index in [2.05, 4.69) is 5.32 Å². The van der Waals surface area contributed by atoms with Crippen LogP contribution in [-0.2, 0) is 5.60 Å². The van der Waals surface area contributed by atoms with Crippen LogP contribution in [0, 0.1) is 20.2 Å². The molecule has 0 spiro atoms. The van der Waals surface area contributed by atoms with Crippen molar-refractivity contribution >= 4 is 17.1 Å². The summed E-state index contributed by atoms with van der Waals surface area (Å²) >= 11 is 0. The molecule has 0 aliphatic heterocycles. The predicted molar refractivity (Wildman–Crippen MR) is 88.9 cm³/mol. The third-order valence-corrected chi connectivity index (χ3v) is 3.71. The highest BCUT2D eigenvalue weighted by Crippen LogP contribution is 2.30. The maximum Gasteiger partial charge on any atom is 0.299 e. The van der Waals surface area contributed by atoms with Crippen LogP contribution in [0.5, 0.6) is 0 Å². The number of nitrogens with zero attached hydrogens (tertiary/aromatic N) is 2. The topological polar surface area (TPSA) is 119 Å². The number of benzene rings is 2. The van der Waals surface area contributed by atoms with Crippen molar-refractivity contribution in [1.29, 1.82) is 0 Å². The molecule has 0 bridgehead atoms. The summed E-state index contributed by atoms with van der Waals surface area (Å²) in [6.45, 7) is 1.93. The molecule has 126 valence electrons. The second kappa shape index (κ2) is 7.05. The lowest BCUT2D eigenvalue weighted by atomic mass is 9.92. The molecular weight excluding hydrogens is 314 g/mol. The van der Waals surface area contributed by atoms with E-state index in [4.69, 9.17) is 0 Å². The first kappa shape index (κ1) is 17.4. The number of nitro benzene ring substituents is 2. The van der Waals surface area contributed by atoms with E-state index in [9.17, 15) is 25.3 Å². The van der Waals surface area contributed by atoms with Gasteiger partial charge in [0.2, 0.25) is 0 Å². The fourth-order valence-electron chi connectivity index (χ4n) is 2.32. The van der Waals surface area contributed by atoms with Gasteiger partial charge >= 0.3 is 0 Å². The summed E-state index contributed by atoms with van der Waals surface area (Å²) in [7, 11) is 0. The van der Waals surface area contributed by atoms with Crippen molar-refractivity contribution in [2.75, 3.05) is 11.9 Å². The zero-order valence-electron chi connectivity index (χ0n) is 13.0. The summed E-state index contributed by atoms with van der Waals surface area (Å²) in [4.78, 5) is 20.4. The average Bonchev–Trinajstić information content (AvgIpc) is 2.55. The molecule has 24 heavy (non-hydrogen) atoms. The molecule has 0 aliphatic rings. The first-order chi connectivity index (χ1) is 11.3. The van der Waals surface area contributed by atoms with Crippen molar-refractivity contribution in [2.45, 2.75) is 18.9 Å². The molecule has 0 aromatic heterocycles. The standard InChI is InChI=1S/C16H17N3O5/c1-16(20,12-5-3-2-4-6-12)9-10-17-14-8-7-13(18(21)22)11-15(14)19(23)24/h2-8,11,17,20H,9-10H2,1H3. The van der Waals surface area contributed by atoms with Crippen molar-refractivity contribution in [3.8, 4) is 0 Å². The Balaban J connectivity index is 2.09. The van der Waals surface area contributed by atoms with Crippen molar-refractivity contribution in [3.05, 3.63) is 74.3 Å². The van der Waals surface area contributed by atoms with Gasteiger partial charge in [0.05, 0.1) is 21.5 Å². The van der Waals surface area contributed by atoms with Crippen LogP contribution in [0.25, 0.3) is 0 Å². The molecule has 2 rings (SSSR count). The predicted octanol–water partition coefficient (Wildman–Crippen LogP) is 3.21. The summed E-state index contributed by atoms with van der Waals surface area (Å²) in [5.74, 6) is 0. The average molecular weight is 331 g/mol. The molecule has 1 unspecified atom stereocenters. The summed E-state index contributed by atoms with van der Waals surface area (Å²) in [5.41, 5.74) is -0.893. The number of aliphatic hydroxyl groups is 1. The van der Waals surface area contributed by atoms with Crippen LogP contribution in [0.4, 0.5) is 17.1 Å². The van der Waals surface area contributed by atoms with E-state index in [1.165, 1.54) is 12.1 Å². The van der Waals surface area contributed by atoms with Crippen LogP contribution in [0.1, 0.15) is 18.9 Å². The van der Waals surface area contributed by atoms with Gasteiger partial charge in [-0.05, 0) is 25.0 Å². The lowest BCUT2D eigenvalue weighted by molar-refractivity contribution is -0.393. The maximum atomic E-state index is 11.1. The molecule has 2 aromatic carbocycles. The quantitative estimate of drug-likeness (QED) is 0.594. The molecule has 0 saturated heterocycles. The summed E-state index contributed by atoms with van der Waals surface area (Å²) in [6.07, 6.45) is 0.311. The molecular formula is C16H17N3O5. The van der Waals surface area contributed by atoms with E-state index < -0.39 is 15.4 Å². The number of hydrogen-bond acceptors (Lipinski definition) is 6. The number of hydrogen-bond donors (Lipinski definition) is 2. The number of rotatable bonds is 7. The Labute approximate surface area is 138 Å². The fourth-order valence-corrected chi connectivity index (χ4v) is 2.32. The third kappa shape index (κ3) is 4.05. The van der Waals surface area contributed by atoms with Crippen LogP contribution >= 0.6 is 0 Å². The number of nitro groups is 2. The monoisotopic (exact) mass is 331 g/mol. The van der Waals surface area contributed by atoms with Gasteiger partial charge in [0.15, 0.2) is 0 Å². The zero-order valence-corrected chi connectivity index (χ0v) is 13.0. The van der Waals surface area contributed by atoms with E-state index in [-0.39, 0.29) is 23.6 Å². The molecule has 2 N–H and O–H groups in total. The highest BCUT2D eigenvalue weighted by Gasteiger charge is 2.23. The summed E-state index contributed by atoms with van der Waals surface area (Å²) < 4.78 is 0. The van der Waals surface area contributed by atoms with Crippen LogP contribution in [0.3, 0.4) is 0 Å². The minimum Gasteiger partial charge on any atom is -0.385 e. The van der Waals surface area contributed by atoms with Crippen LogP contribution in [0.15, 0.2) is 48.5 Å². The van der Waals surface area contributed by atoms with Crippen LogP contribution < -0.4 is 5.32 Å². The smallest absolute Gasteiger partial charge is 0.299 e. The molecule has 0 saturated carbocycles. The molecule has 8 heteroatoms. The van der Waals surface area contributed by atoms with Gasteiger partial charge in [0, 0.05) is 12.6 Å². The number of non-ortho nitro benzene ring substituents is 1. The third-order valence-electron chi connectivity index (χ3n) is 3.71. The fraction of sp³-hybridized carbons (Fsp3) is 0.250. The van der Waals surface area contributed by atoms with Crippen molar-refractivity contribution < 1.29 is 15.0 Å². The van der Waals surface area contributed by atoms with Gasteiger partial charge in [0.1, 0.15) is 5.69 Å². The first-order valence-corrected chi connectivity index (χ1v) is 7.26. The lowest BCUT2D eigenvalue weighted by Gasteiger charge is -2.24. The van der Waals surface area contributed by atoms with Gasteiger partial charge in [-0.2, -0.15) is 0 Å². The Hall–Kier alpha value is -3.00. The SMILES string of the molecule is CC(O)(CCNc1ccc([N+](=O)[O-])cc1[N+](=O)[O-])c1ccccc1. The minimum atomic E-state index is -1.09. The lowest BCUT2D eigenvalue weighted by Crippen LogP contribution is -2.24. The highest BCUT2D eigenvalue weighted by atomic mass is 16.6. The summed E-state index contributed by atoms with van der Waals surface area (Å²) in [6, 6.07) is 12.5. The van der Waals surface area contributed by atoms with Gasteiger partial charge in [-0.1, -0.05) is 30.3 Å². The van der Waals surface area contributed by atoms with Gasteiger partial charge in [-0.3, -0.25) is 20.2 Å². The van der Waals surface area contributed by atoms with Crippen molar-refractivity contribution in [2.24, 2.45) is 0 Å². The van der Waals surface area contributed by atoms with E-state index >= 15 is 0 Å². The Bertz CT molecular complexity index is 747. The number of nitrogens with one attached hydrogen (secondary N) is 1. The van der Waals surface area contributed by atoms with Crippen LogP contribution in [0.2, 0.25) is 0 Å². The molecule has 0 radical (unpaired) electrons. The van der Waals surface area contributed by atoms with E-state index in [1.807, 2.05) is 18.2 Å². The molecule has 0 heterocycles. The van der Waals surface area contributed by atoms with E-state index in [0.29, 0.717) is 6.42 Å². The molecule has 1 atom stereocenters. The Morgan fingerprint density at radius 2 is 1.75 bits per heavy atom. The van der Waals surface area contributed by atoms with Gasteiger partial charge in [-0.15, -0.1) is 0 Å². The van der Waals surface area contributed by atoms with Crippen molar-refractivity contribution in [1.82, 2.24) is 0 Å². The first-order valence-electron chi connectivity index (χ1n) is 7.26. The van der Waals surface area contributed by atoms with E-state index in [0.717, 1.165) is 11.6 Å². The molecule has 0 amide bonds.